The van der Waals surface area contributed by atoms with E-state index in [2.05, 4.69) is 9.97 Å². The van der Waals surface area contributed by atoms with Crippen LogP contribution in [0.2, 0.25) is 0 Å². The zero-order valence-electron chi connectivity index (χ0n) is 10.7. The van der Waals surface area contributed by atoms with Gasteiger partial charge in [0.15, 0.2) is 0 Å². The molecule has 0 aliphatic heterocycles. The summed E-state index contributed by atoms with van der Waals surface area (Å²) < 4.78 is 5.15. The fourth-order valence-corrected chi connectivity index (χ4v) is 1.04. The minimum absolute atomic E-state index is 0. The summed E-state index contributed by atoms with van der Waals surface area (Å²) in [6, 6.07) is 0. The Balaban J connectivity index is 0.00000324. The topological polar surface area (TPSA) is 92.6 Å². The number of nitrogens with zero attached hydrogens (tertiary/aromatic N) is 3. The molecule has 0 saturated carbocycles. The standard InChI is InChI=1S/C11H15N3O4.Li.H/c1-11(2,3)18-10(17)14(4)7-5-12-8(9(15)16)13-6-7;;/h5-6H,1-4H3,(H,15,16);;. The number of carboxylic acid groups (broad SMARTS) is 1. The van der Waals surface area contributed by atoms with Crippen LogP contribution in [-0.2, 0) is 4.74 Å². The third-order valence-corrected chi connectivity index (χ3v) is 1.88. The molecule has 0 spiro atoms. The van der Waals surface area contributed by atoms with Gasteiger partial charge in [-0.2, -0.15) is 0 Å². The van der Waals surface area contributed by atoms with Gasteiger partial charge < -0.3 is 9.84 Å². The monoisotopic (exact) mass is 261 g/mol. The molecule has 0 atom stereocenters. The Bertz CT molecular complexity index is 456. The van der Waals surface area contributed by atoms with E-state index < -0.39 is 17.7 Å². The van der Waals surface area contributed by atoms with Crippen LogP contribution in [0.4, 0.5) is 10.5 Å². The molecule has 0 saturated heterocycles. The van der Waals surface area contributed by atoms with Gasteiger partial charge in [0.25, 0.3) is 0 Å². The molecule has 7 nitrogen and oxygen atoms in total. The molecule has 100 valence electrons. The number of amides is 1. The molecule has 1 aromatic heterocycles. The normalized spacial score (nSPS) is 10.3. The number of carbonyl (C=O) groups is 2. The summed E-state index contributed by atoms with van der Waals surface area (Å²) in [5, 5.41) is 8.65. The molecule has 1 N–H and O–H groups in total. The van der Waals surface area contributed by atoms with Crippen molar-refractivity contribution >= 4 is 36.6 Å². The Morgan fingerprint density at radius 3 is 2.11 bits per heavy atom. The Morgan fingerprint density at radius 2 is 1.74 bits per heavy atom. The molecule has 0 aliphatic rings. The molecule has 0 radical (unpaired) electrons. The summed E-state index contributed by atoms with van der Waals surface area (Å²) in [4.78, 5) is 30.7. The first-order valence-electron chi connectivity index (χ1n) is 5.23. The summed E-state index contributed by atoms with van der Waals surface area (Å²) >= 11 is 0. The predicted octanol–water partition coefficient (Wildman–Crippen LogP) is 0.898. The van der Waals surface area contributed by atoms with E-state index in [1.165, 1.54) is 24.3 Å². The number of ether oxygens (including phenoxy) is 1. The SMILES string of the molecule is CN(C(=O)OC(C)(C)C)c1cnc(C(=O)O)nc1.[LiH]. The zero-order chi connectivity index (χ0) is 13.9. The first kappa shape index (κ1) is 17.4. The van der Waals surface area contributed by atoms with Gasteiger partial charge in [-0.3, -0.25) is 4.90 Å². The number of hydrogen-bond acceptors (Lipinski definition) is 5. The molecular formula is C11H16LiN3O4. The quantitative estimate of drug-likeness (QED) is 0.795. The van der Waals surface area contributed by atoms with Crippen LogP contribution >= 0.6 is 0 Å². The van der Waals surface area contributed by atoms with Gasteiger partial charge in [0.05, 0.1) is 18.1 Å². The average molecular weight is 261 g/mol. The van der Waals surface area contributed by atoms with Crippen molar-refractivity contribution in [3.05, 3.63) is 18.2 Å². The van der Waals surface area contributed by atoms with Gasteiger partial charge in [0, 0.05) is 7.05 Å². The van der Waals surface area contributed by atoms with Crippen molar-refractivity contribution in [1.82, 2.24) is 9.97 Å². The van der Waals surface area contributed by atoms with E-state index in [-0.39, 0.29) is 24.7 Å². The number of aromatic carboxylic acids is 1. The maximum absolute atomic E-state index is 11.7. The number of aromatic nitrogens is 2. The Kier molecular flexibility index (Phi) is 6.00. The molecule has 0 fully saturated rings. The third kappa shape index (κ3) is 5.28. The Morgan fingerprint density at radius 1 is 1.26 bits per heavy atom. The van der Waals surface area contributed by atoms with E-state index in [9.17, 15) is 9.59 Å². The van der Waals surface area contributed by atoms with E-state index in [1.54, 1.807) is 20.8 Å². The fraction of sp³-hybridized carbons (Fsp3) is 0.455. The van der Waals surface area contributed by atoms with Crippen LogP contribution in [0, 0.1) is 0 Å². The number of rotatable bonds is 2. The Labute approximate surface area is 123 Å². The van der Waals surface area contributed by atoms with Crippen molar-refractivity contribution in [2.24, 2.45) is 0 Å². The number of hydrogen-bond donors (Lipinski definition) is 1. The summed E-state index contributed by atoms with van der Waals surface area (Å²) in [7, 11) is 1.49. The number of anilines is 1. The molecule has 19 heavy (non-hydrogen) atoms. The van der Waals surface area contributed by atoms with Gasteiger partial charge in [-0.1, -0.05) is 0 Å². The van der Waals surface area contributed by atoms with Gasteiger partial charge in [0.1, 0.15) is 5.60 Å². The van der Waals surface area contributed by atoms with Crippen molar-refractivity contribution in [1.29, 1.82) is 0 Å². The molecule has 1 aromatic rings. The molecule has 8 heteroatoms. The van der Waals surface area contributed by atoms with E-state index in [0.717, 1.165) is 0 Å². The maximum atomic E-state index is 11.7. The van der Waals surface area contributed by atoms with Crippen molar-refractivity contribution in [3.63, 3.8) is 0 Å². The van der Waals surface area contributed by atoms with E-state index >= 15 is 0 Å². The van der Waals surface area contributed by atoms with Crippen LogP contribution in [0.1, 0.15) is 31.4 Å². The number of carbonyl (C=O) groups excluding carboxylic acids is 1. The first-order chi connectivity index (χ1) is 8.20. The van der Waals surface area contributed by atoms with Gasteiger partial charge in [-0.05, 0) is 20.8 Å². The predicted molar refractivity (Wildman–Crippen MR) is 70.8 cm³/mol. The molecule has 1 heterocycles. The molecule has 0 bridgehead atoms. The molecular weight excluding hydrogens is 245 g/mol. The summed E-state index contributed by atoms with van der Waals surface area (Å²) in [6.07, 6.45) is 1.94. The van der Waals surface area contributed by atoms with Gasteiger partial charge in [-0.25, -0.2) is 19.6 Å². The summed E-state index contributed by atoms with van der Waals surface area (Å²) in [5.74, 6) is -1.54. The average Bonchev–Trinajstić information content (AvgIpc) is 2.26. The van der Waals surface area contributed by atoms with E-state index in [1.807, 2.05) is 0 Å². The van der Waals surface area contributed by atoms with Crippen molar-refractivity contribution in [2.75, 3.05) is 11.9 Å². The van der Waals surface area contributed by atoms with Crippen molar-refractivity contribution < 1.29 is 19.4 Å². The first-order valence-corrected chi connectivity index (χ1v) is 5.23. The van der Waals surface area contributed by atoms with Crippen LogP contribution in [0.5, 0.6) is 0 Å². The second kappa shape index (κ2) is 6.55. The molecule has 1 amide bonds. The molecule has 0 unspecified atom stereocenters. The number of carboxylic acids is 1. The zero-order valence-corrected chi connectivity index (χ0v) is 10.7. The summed E-state index contributed by atoms with van der Waals surface area (Å²) in [6.45, 7) is 5.26. The van der Waals surface area contributed by atoms with E-state index in [4.69, 9.17) is 9.84 Å². The van der Waals surface area contributed by atoms with E-state index in [0.29, 0.717) is 5.69 Å². The summed E-state index contributed by atoms with van der Waals surface area (Å²) in [5.41, 5.74) is -0.248. The second-order valence-corrected chi connectivity index (χ2v) is 4.61. The third-order valence-electron chi connectivity index (χ3n) is 1.88. The molecule has 0 aliphatic carbocycles. The van der Waals surface area contributed by atoms with Crippen LogP contribution < -0.4 is 4.90 Å². The molecule has 0 aromatic carbocycles. The van der Waals surface area contributed by atoms with Crippen molar-refractivity contribution in [2.45, 2.75) is 26.4 Å². The van der Waals surface area contributed by atoms with Gasteiger partial charge in [0.2, 0.25) is 5.82 Å². The minimum atomic E-state index is -1.22. The van der Waals surface area contributed by atoms with Gasteiger partial charge in [-0.15, -0.1) is 0 Å². The van der Waals surface area contributed by atoms with Gasteiger partial charge >= 0.3 is 30.9 Å². The Hall–Kier alpha value is -1.58. The van der Waals surface area contributed by atoms with Crippen LogP contribution in [0.15, 0.2) is 12.4 Å². The molecule has 1 rings (SSSR count). The van der Waals surface area contributed by atoms with Crippen LogP contribution in [0.3, 0.4) is 0 Å². The van der Waals surface area contributed by atoms with Crippen LogP contribution in [0.25, 0.3) is 0 Å². The second-order valence-electron chi connectivity index (χ2n) is 4.61. The van der Waals surface area contributed by atoms with Crippen LogP contribution in [-0.4, -0.2) is 58.6 Å². The van der Waals surface area contributed by atoms with Crippen molar-refractivity contribution in [3.8, 4) is 0 Å². The fourth-order valence-electron chi connectivity index (χ4n) is 1.04.